The molecular formula is C23H18N2O4. The molecule has 29 heavy (non-hydrogen) atoms. The van der Waals surface area contributed by atoms with Crippen LogP contribution in [-0.2, 0) is 6.54 Å². The molecule has 0 atom stereocenters. The lowest BCUT2D eigenvalue weighted by Crippen LogP contribution is -2.24. The molecule has 3 heterocycles. The molecule has 6 heteroatoms. The number of carbonyl (C=O) groups excluding carboxylic acids is 1. The van der Waals surface area contributed by atoms with Crippen LogP contribution in [0.3, 0.4) is 0 Å². The first-order chi connectivity index (χ1) is 14.3. The monoisotopic (exact) mass is 386 g/mol. The average Bonchev–Trinajstić information content (AvgIpc) is 3.31. The van der Waals surface area contributed by atoms with Gasteiger partial charge in [0, 0.05) is 17.5 Å². The van der Waals surface area contributed by atoms with Gasteiger partial charge in [0.05, 0.1) is 17.3 Å². The molecule has 5 rings (SSSR count). The second-order valence-corrected chi connectivity index (χ2v) is 6.67. The summed E-state index contributed by atoms with van der Waals surface area (Å²) in [5.74, 6) is 1.82. The number of nitrogens with zero attached hydrogens (tertiary/aromatic N) is 1. The van der Waals surface area contributed by atoms with Gasteiger partial charge in [-0.05, 0) is 30.3 Å². The van der Waals surface area contributed by atoms with Crippen LogP contribution in [0.1, 0.15) is 15.9 Å². The molecular weight excluding hydrogens is 368 g/mol. The molecule has 1 aliphatic heterocycles. The Labute approximate surface area is 167 Å². The van der Waals surface area contributed by atoms with Gasteiger partial charge in [-0.3, -0.25) is 4.79 Å². The number of furan rings is 1. The van der Waals surface area contributed by atoms with Gasteiger partial charge in [-0.15, -0.1) is 0 Å². The van der Waals surface area contributed by atoms with Gasteiger partial charge in [0.25, 0.3) is 5.91 Å². The summed E-state index contributed by atoms with van der Waals surface area (Å²) in [5.41, 5.74) is 2.78. The van der Waals surface area contributed by atoms with Crippen LogP contribution in [0.4, 0.5) is 0 Å². The molecule has 144 valence electrons. The van der Waals surface area contributed by atoms with E-state index in [1.54, 1.807) is 18.4 Å². The van der Waals surface area contributed by atoms with Crippen molar-refractivity contribution in [3.8, 4) is 23.0 Å². The Bertz CT molecular complexity index is 1180. The highest BCUT2D eigenvalue weighted by atomic mass is 16.6. The van der Waals surface area contributed by atoms with Crippen molar-refractivity contribution in [3.05, 3.63) is 78.1 Å². The lowest BCUT2D eigenvalue weighted by molar-refractivity contribution is 0.0951. The highest BCUT2D eigenvalue weighted by Crippen LogP contribution is 2.33. The molecule has 0 spiro atoms. The number of pyridine rings is 1. The molecule has 0 radical (unpaired) electrons. The molecule has 1 aliphatic rings. The Balaban J connectivity index is 1.47. The largest absolute Gasteiger partial charge is 0.486 e. The molecule has 1 N–H and O–H groups in total. The third-order valence-corrected chi connectivity index (χ3v) is 4.82. The minimum Gasteiger partial charge on any atom is -0.486 e. The number of fused-ring (bicyclic) bond motifs is 2. The van der Waals surface area contributed by atoms with Crippen molar-refractivity contribution >= 4 is 16.8 Å². The maximum Gasteiger partial charge on any atom is 0.252 e. The standard InChI is InChI=1S/C23H18N2O4/c26-23(24-14-15-5-3-8-21-22(15)29-12-11-28-21)17-13-19(20-9-4-10-27-20)25-18-7-2-1-6-16(17)18/h1-10,13H,11-12,14H2,(H,24,26). The fourth-order valence-electron chi connectivity index (χ4n) is 3.46. The first-order valence-corrected chi connectivity index (χ1v) is 9.39. The van der Waals surface area contributed by atoms with E-state index in [-0.39, 0.29) is 5.91 Å². The zero-order valence-electron chi connectivity index (χ0n) is 15.6. The van der Waals surface area contributed by atoms with E-state index in [0.717, 1.165) is 16.5 Å². The van der Waals surface area contributed by atoms with Gasteiger partial charge in [0.2, 0.25) is 0 Å². The minimum atomic E-state index is -0.189. The van der Waals surface area contributed by atoms with Crippen molar-refractivity contribution in [1.29, 1.82) is 0 Å². The number of benzene rings is 2. The van der Waals surface area contributed by atoms with Crippen LogP contribution in [-0.4, -0.2) is 24.1 Å². The number of nitrogens with one attached hydrogen (secondary N) is 1. The SMILES string of the molecule is O=C(NCc1cccc2c1OCCO2)c1cc(-c2ccco2)nc2ccccc12. The van der Waals surface area contributed by atoms with Crippen molar-refractivity contribution in [3.63, 3.8) is 0 Å². The van der Waals surface area contributed by atoms with E-state index in [1.807, 2.05) is 48.5 Å². The number of carbonyl (C=O) groups is 1. The number of aromatic nitrogens is 1. The van der Waals surface area contributed by atoms with Crippen molar-refractivity contribution < 1.29 is 18.7 Å². The second kappa shape index (κ2) is 7.31. The predicted octanol–water partition coefficient (Wildman–Crippen LogP) is 4.20. The van der Waals surface area contributed by atoms with Crippen LogP contribution in [0.15, 0.2) is 71.3 Å². The topological polar surface area (TPSA) is 73.6 Å². The smallest absolute Gasteiger partial charge is 0.252 e. The Morgan fingerprint density at radius 1 is 1.00 bits per heavy atom. The van der Waals surface area contributed by atoms with Gasteiger partial charge >= 0.3 is 0 Å². The van der Waals surface area contributed by atoms with Gasteiger partial charge in [-0.1, -0.05) is 30.3 Å². The third kappa shape index (κ3) is 3.29. The van der Waals surface area contributed by atoms with E-state index in [9.17, 15) is 4.79 Å². The molecule has 4 aromatic rings. The number of amides is 1. The Hall–Kier alpha value is -3.80. The van der Waals surface area contributed by atoms with Crippen molar-refractivity contribution in [2.75, 3.05) is 13.2 Å². The summed E-state index contributed by atoms with van der Waals surface area (Å²) >= 11 is 0. The van der Waals surface area contributed by atoms with Crippen molar-refractivity contribution in [1.82, 2.24) is 10.3 Å². The molecule has 1 amide bonds. The van der Waals surface area contributed by atoms with E-state index in [1.165, 1.54) is 0 Å². The number of para-hydroxylation sites is 2. The summed E-state index contributed by atoms with van der Waals surface area (Å²) in [6.07, 6.45) is 1.59. The molecule has 2 aromatic heterocycles. The first-order valence-electron chi connectivity index (χ1n) is 9.39. The Morgan fingerprint density at radius 3 is 2.79 bits per heavy atom. The van der Waals surface area contributed by atoms with Crippen LogP contribution in [0.5, 0.6) is 11.5 Å². The summed E-state index contributed by atoms with van der Waals surface area (Å²) in [4.78, 5) is 17.7. The fourth-order valence-corrected chi connectivity index (χ4v) is 3.46. The molecule has 0 fully saturated rings. The molecule has 0 saturated carbocycles. The Morgan fingerprint density at radius 2 is 1.90 bits per heavy atom. The summed E-state index contributed by atoms with van der Waals surface area (Å²) in [5, 5.41) is 3.78. The van der Waals surface area contributed by atoms with Crippen LogP contribution in [0.25, 0.3) is 22.4 Å². The van der Waals surface area contributed by atoms with Crippen molar-refractivity contribution in [2.24, 2.45) is 0 Å². The highest BCUT2D eigenvalue weighted by molar-refractivity contribution is 6.07. The zero-order chi connectivity index (χ0) is 19.6. The molecule has 6 nitrogen and oxygen atoms in total. The van der Waals surface area contributed by atoms with Gasteiger partial charge in [0.1, 0.15) is 18.9 Å². The van der Waals surface area contributed by atoms with Crippen molar-refractivity contribution in [2.45, 2.75) is 6.54 Å². The number of ether oxygens (including phenoxy) is 2. The average molecular weight is 386 g/mol. The van der Waals surface area contributed by atoms with Gasteiger partial charge in [-0.25, -0.2) is 4.98 Å². The molecule has 0 saturated heterocycles. The summed E-state index contributed by atoms with van der Waals surface area (Å²) < 4.78 is 16.8. The van der Waals surface area contributed by atoms with E-state index < -0.39 is 0 Å². The summed E-state index contributed by atoms with van der Waals surface area (Å²) in [7, 11) is 0. The van der Waals surface area contributed by atoms with E-state index in [4.69, 9.17) is 13.9 Å². The van der Waals surface area contributed by atoms with Gasteiger partial charge in [-0.2, -0.15) is 0 Å². The lowest BCUT2D eigenvalue weighted by atomic mass is 10.1. The third-order valence-electron chi connectivity index (χ3n) is 4.82. The minimum absolute atomic E-state index is 0.189. The van der Waals surface area contributed by atoms with Crippen LogP contribution in [0, 0.1) is 0 Å². The second-order valence-electron chi connectivity index (χ2n) is 6.67. The molecule has 0 bridgehead atoms. The maximum atomic E-state index is 13.1. The fraction of sp³-hybridized carbons (Fsp3) is 0.130. The normalized spacial score (nSPS) is 12.7. The quantitative estimate of drug-likeness (QED) is 0.569. The number of hydrogen-bond acceptors (Lipinski definition) is 5. The maximum absolute atomic E-state index is 13.1. The zero-order valence-corrected chi connectivity index (χ0v) is 15.6. The molecule has 0 unspecified atom stereocenters. The Kier molecular flexibility index (Phi) is 4.37. The lowest BCUT2D eigenvalue weighted by Gasteiger charge is -2.21. The van der Waals surface area contributed by atoms with Gasteiger partial charge < -0.3 is 19.2 Å². The van der Waals surface area contributed by atoms with E-state index >= 15 is 0 Å². The highest BCUT2D eigenvalue weighted by Gasteiger charge is 2.18. The molecule has 2 aromatic carbocycles. The predicted molar refractivity (Wildman–Crippen MR) is 108 cm³/mol. The van der Waals surface area contributed by atoms with Crippen LogP contribution < -0.4 is 14.8 Å². The van der Waals surface area contributed by atoms with Gasteiger partial charge in [0.15, 0.2) is 17.3 Å². The van der Waals surface area contributed by atoms with E-state index in [2.05, 4.69) is 10.3 Å². The number of hydrogen-bond donors (Lipinski definition) is 1. The first kappa shape index (κ1) is 17.3. The van der Waals surface area contributed by atoms with Crippen LogP contribution >= 0.6 is 0 Å². The summed E-state index contributed by atoms with van der Waals surface area (Å²) in [6.45, 7) is 1.36. The summed E-state index contributed by atoms with van der Waals surface area (Å²) in [6, 6.07) is 18.6. The van der Waals surface area contributed by atoms with Crippen LogP contribution in [0.2, 0.25) is 0 Å². The van der Waals surface area contributed by atoms with E-state index in [0.29, 0.717) is 48.3 Å². The molecule has 0 aliphatic carbocycles. The number of rotatable bonds is 4.